The summed E-state index contributed by atoms with van der Waals surface area (Å²) in [4.78, 5) is 10.3. The number of rotatable bonds is 3. The van der Waals surface area contributed by atoms with E-state index >= 15 is 0 Å². The fourth-order valence-corrected chi connectivity index (χ4v) is 7.94. The molecule has 0 unspecified atom stereocenters. The number of para-hydroxylation sites is 3. The summed E-state index contributed by atoms with van der Waals surface area (Å²) in [5.41, 5.74) is 9.39. The molecule has 1 aliphatic heterocycles. The minimum atomic E-state index is 0.643. The van der Waals surface area contributed by atoms with Gasteiger partial charge in [0, 0.05) is 38.1 Å². The van der Waals surface area contributed by atoms with Crippen LogP contribution in [-0.2, 0) is 0 Å². The predicted octanol–water partition coefficient (Wildman–Crippen LogP) is 12.1. The van der Waals surface area contributed by atoms with Crippen LogP contribution in [0.15, 0.2) is 164 Å². The van der Waals surface area contributed by atoms with Gasteiger partial charge in [0.2, 0.25) is 0 Å². The molecule has 50 heavy (non-hydrogen) atoms. The molecular weight excluding hydrogens is 611 g/mol. The molecule has 8 aromatic carbocycles. The average molecular weight is 638 g/mol. The van der Waals surface area contributed by atoms with E-state index in [1.54, 1.807) is 0 Å². The average Bonchev–Trinajstić information content (AvgIpc) is 3.49. The molecule has 4 nitrogen and oxygen atoms in total. The first-order chi connectivity index (χ1) is 24.8. The lowest BCUT2D eigenvalue weighted by Gasteiger charge is -2.25. The van der Waals surface area contributed by atoms with Gasteiger partial charge in [0.15, 0.2) is 5.82 Å². The van der Waals surface area contributed by atoms with E-state index < -0.39 is 0 Å². The number of hydrogen-bond acceptors (Lipinski definition) is 3. The predicted molar refractivity (Wildman–Crippen MR) is 205 cm³/mol. The first kappa shape index (κ1) is 27.2. The van der Waals surface area contributed by atoms with Gasteiger partial charge in [-0.05, 0) is 58.8 Å². The van der Waals surface area contributed by atoms with Crippen LogP contribution in [-0.4, -0.2) is 14.5 Å². The van der Waals surface area contributed by atoms with Crippen LogP contribution >= 0.6 is 0 Å². The van der Waals surface area contributed by atoms with Crippen molar-refractivity contribution in [3.63, 3.8) is 0 Å². The van der Waals surface area contributed by atoms with Crippen LogP contribution < -0.4 is 4.74 Å². The van der Waals surface area contributed by atoms with Crippen molar-refractivity contribution in [2.45, 2.75) is 0 Å². The van der Waals surface area contributed by atoms with Crippen LogP contribution in [0, 0.1) is 0 Å². The SMILES string of the molecule is c1ccc(-c2nc(-c3cccc4c3Oc3ccc(-n5c6ccccc6c6cc7ccccc7cc65)c5cccc-4c35)nc3ccccc23)cc1. The molecule has 0 spiro atoms. The highest BCUT2D eigenvalue weighted by Gasteiger charge is 2.26. The van der Waals surface area contributed by atoms with Gasteiger partial charge < -0.3 is 9.30 Å². The lowest BCUT2D eigenvalue weighted by atomic mass is 9.92. The minimum absolute atomic E-state index is 0.643. The fourth-order valence-electron chi connectivity index (χ4n) is 7.94. The number of benzene rings is 8. The fraction of sp³-hybridized carbons (Fsp3) is 0. The number of hydrogen-bond donors (Lipinski definition) is 0. The molecule has 232 valence electrons. The molecule has 11 rings (SSSR count). The van der Waals surface area contributed by atoms with Crippen molar-refractivity contribution in [1.29, 1.82) is 0 Å². The lowest BCUT2D eigenvalue weighted by molar-refractivity contribution is 0.488. The van der Waals surface area contributed by atoms with Crippen LogP contribution in [0.4, 0.5) is 0 Å². The van der Waals surface area contributed by atoms with E-state index in [1.807, 2.05) is 30.3 Å². The molecule has 0 saturated carbocycles. The Morgan fingerprint density at radius 2 is 1.16 bits per heavy atom. The second kappa shape index (κ2) is 10.4. The molecule has 0 atom stereocenters. The highest BCUT2D eigenvalue weighted by molar-refractivity contribution is 6.16. The van der Waals surface area contributed by atoms with E-state index in [0.717, 1.165) is 66.8 Å². The molecule has 0 amide bonds. The van der Waals surface area contributed by atoms with E-state index in [-0.39, 0.29) is 0 Å². The first-order valence-electron chi connectivity index (χ1n) is 16.9. The van der Waals surface area contributed by atoms with Gasteiger partial charge in [0.25, 0.3) is 0 Å². The maximum Gasteiger partial charge on any atom is 0.164 e. The molecule has 0 radical (unpaired) electrons. The smallest absolute Gasteiger partial charge is 0.164 e. The monoisotopic (exact) mass is 637 g/mol. The van der Waals surface area contributed by atoms with Gasteiger partial charge in [-0.25, -0.2) is 9.97 Å². The largest absolute Gasteiger partial charge is 0.455 e. The standard InChI is InChI=1S/C46H27N3O/c1-2-12-28(13-3-1)44-34-17-6-8-22-38(34)47-46(48-44)36-21-11-19-33-32-18-10-20-35-40(24-25-42(43(32)35)50-45(33)36)49-39-23-9-7-16-31(39)37-26-29-14-4-5-15-30(29)27-41(37)49/h1-27H. The molecule has 0 saturated heterocycles. The number of nitrogens with zero attached hydrogens (tertiary/aromatic N) is 3. The molecule has 0 fully saturated rings. The summed E-state index contributed by atoms with van der Waals surface area (Å²) in [7, 11) is 0. The summed E-state index contributed by atoms with van der Waals surface area (Å²) < 4.78 is 9.33. The number of aromatic nitrogens is 3. The molecule has 3 heterocycles. The quantitative estimate of drug-likeness (QED) is 0.193. The van der Waals surface area contributed by atoms with Crippen LogP contribution in [0.2, 0.25) is 0 Å². The summed E-state index contributed by atoms with van der Waals surface area (Å²) in [6.45, 7) is 0. The number of ether oxygens (including phenoxy) is 1. The third-order valence-corrected chi connectivity index (χ3v) is 10.2. The normalized spacial score (nSPS) is 12.2. The Morgan fingerprint density at radius 1 is 0.460 bits per heavy atom. The Kier molecular flexibility index (Phi) is 5.63. The van der Waals surface area contributed by atoms with Crippen LogP contribution in [0.3, 0.4) is 0 Å². The van der Waals surface area contributed by atoms with Crippen molar-refractivity contribution in [2.75, 3.05) is 0 Å². The second-order valence-corrected chi connectivity index (χ2v) is 12.9. The van der Waals surface area contributed by atoms with Crippen molar-refractivity contribution >= 4 is 54.3 Å². The van der Waals surface area contributed by atoms with E-state index in [0.29, 0.717) is 5.82 Å². The minimum Gasteiger partial charge on any atom is -0.455 e. The third-order valence-electron chi connectivity index (χ3n) is 10.2. The Bertz CT molecular complexity index is 3010. The summed E-state index contributed by atoms with van der Waals surface area (Å²) in [6.07, 6.45) is 0. The van der Waals surface area contributed by atoms with Gasteiger partial charge in [-0.1, -0.05) is 121 Å². The lowest BCUT2D eigenvalue weighted by Crippen LogP contribution is -2.03. The topological polar surface area (TPSA) is 39.9 Å². The first-order valence-corrected chi connectivity index (χ1v) is 16.9. The van der Waals surface area contributed by atoms with Crippen LogP contribution in [0.1, 0.15) is 0 Å². The highest BCUT2D eigenvalue weighted by atomic mass is 16.5. The molecule has 0 bridgehead atoms. The number of fused-ring (bicyclic) bond motifs is 7. The Balaban J connectivity index is 1.14. The molecule has 1 aliphatic rings. The molecule has 0 N–H and O–H groups in total. The summed E-state index contributed by atoms with van der Waals surface area (Å²) >= 11 is 0. The molecule has 2 aromatic heterocycles. The van der Waals surface area contributed by atoms with Gasteiger partial charge in [0.05, 0.1) is 33.5 Å². The van der Waals surface area contributed by atoms with E-state index in [9.17, 15) is 0 Å². The summed E-state index contributed by atoms with van der Waals surface area (Å²) in [6, 6.07) is 57.7. The molecule has 4 heteroatoms. The zero-order valence-corrected chi connectivity index (χ0v) is 26.8. The van der Waals surface area contributed by atoms with E-state index in [4.69, 9.17) is 14.7 Å². The van der Waals surface area contributed by atoms with Gasteiger partial charge in [-0.15, -0.1) is 0 Å². The second-order valence-electron chi connectivity index (χ2n) is 12.9. The van der Waals surface area contributed by atoms with E-state index in [2.05, 4.69) is 138 Å². The van der Waals surface area contributed by atoms with Gasteiger partial charge in [-0.2, -0.15) is 0 Å². The Labute approximate surface area is 287 Å². The van der Waals surface area contributed by atoms with Crippen LogP contribution in [0.5, 0.6) is 11.5 Å². The Hall–Kier alpha value is -6.78. The summed E-state index contributed by atoms with van der Waals surface area (Å²) in [5.74, 6) is 2.25. The van der Waals surface area contributed by atoms with Crippen molar-refractivity contribution in [3.8, 4) is 51.0 Å². The van der Waals surface area contributed by atoms with Gasteiger partial charge in [0.1, 0.15) is 11.5 Å². The zero-order chi connectivity index (χ0) is 32.8. The van der Waals surface area contributed by atoms with Crippen molar-refractivity contribution in [1.82, 2.24) is 14.5 Å². The van der Waals surface area contributed by atoms with Gasteiger partial charge >= 0.3 is 0 Å². The maximum atomic E-state index is 6.91. The molecule has 10 aromatic rings. The highest BCUT2D eigenvalue weighted by Crippen LogP contribution is 2.51. The Morgan fingerprint density at radius 3 is 2.06 bits per heavy atom. The zero-order valence-electron chi connectivity index (χ0n) is 26.8. The van der Waals surface area contributed by atoms with Gasteiger partial charge in [-0.3, -0.25) is 0 Å². The van der Waals surface area contributed by atoms with Crippen molar-refractivity contribution in [2.24, 2.45) is 0 Å². The third kappa shape index (κ3) is 3.87. The van der Waals surface area contributed by atoms with Crippen LogP contribution in [0.25, 0.3) is 93.7 Å². The van der Waals surface area contributed by atoms with Crippen molar-refractivity contribution < 1.29 is 4.74 Å². The van der Waals surface area contributed by atoms with E-state index in [1.165, 1.54) is 32.6 Å². The summed E-state index contributed by atoms with van der Waals surface area (Å²) in [5, 5.41) is 8.22. The maximum absolute atomic E-state index is 6.91. The molecular formula is C46H27N3O. The van der Waals surface area contributed by atoms with Crippen molar-refractivity contribution in [3.05, 3.63) is 164 Å². The molecule has 0 aliphatic carbocycles.